The van der Waals surface area contributed by atoms with Crippen LogP contribution in [0.4, 0.5) is 0 Å². The number of hydrogen-bond donors (Lipinski definition) is 1. The molecule has 2 amide bonds. The maximum Gasteiger partial charge on any atom is 0.336 e. The second kappa shape index (κ2) is 6.55. The molecule has 1 aliphatic rings. The van der Waals surface area contributed by atoms with Crippen LogP contribution in [0.3, 0.4) is 0 Å². The predicted octanol–water partition coefficient (Wildman–Crippen LogP) is 2.79. The summed E-state index contributed by atoms with van der Waals surface area (Å²) < 4.78 is 0. The van der Waals surface area contributed by atoms with Gasteiger partial charge in [0.25, 0.3) is 11.8 Å². The van der Waals surface area contributed by atoms with Crippen LogP contribution in [0.2, 0.25) is 0 Å². The van der Waals surface area contributed by atoms with Crippen LogP contribution in [-0.4, -0.2) is 40.6 Å². The van der Waals surface area contributed by atoms with E-state index in [1.54, 1.807) is 31.2 Å². The summed E-state index contributed by atoms with van der Waals surface area (Å²) in [6, 6.07) is 9.74. The quantitative estimate of drug-likeness (QED) is 0.661. The van der Waals surface area contributed by atoms with Gasteiger partial charge >= 0.3 is 5.97 Å². The highest BCUT2D eigenvalue weighted by Crippen LogP contribution is 2.24. The summed E-state index contributed by atoms with van der Waals surface area (Å²) in [5.74, 6) is -2.05. The molecule has 0 atom stereocenters. The topological polar surface area (TPSA) is 91.8 Å². The van der Waals surface area contributed by atoms with Crippen LogP contribution in [0.5, 0.6) is 0 Å². The van der Waals surface area contributed by atoms with Crippen molar-refractivity contribution < 1.29 is 24.3 Å². The monoisotopic (exact) mass is 351 g/mol. The van der Waals surface area contributed by atoms with Crippen molar-refractivity contribution in [1.29, 1.82) is 0 Å². The average Bonchev–Trinajstić information content (AvgIpc) is 2.85. The third-order valence-corrected chi connectivity index (χ3v) is 4.50. The molecule has 3 rings (SSSR count). The number of hydrogen-bond acceptors (Lipinski definition) is 4. The molecular weight excluding hydrogens is 334 g/mol. The van der Waals surface area contributed by atoms with E-state index in [1.807, 2.05) is 0 Å². The number of ketones is 1. The van der Waals surface area contributed by atoms with E-state index in [-0.39, 0.29) is 35.1 Å². The van der Waals surface area contributed by atoms with Gasteiger partial charge in [-0.15, -0.1) is 0 Å². The minimum absolute atomic E-state index is 0.0264. The number of carboxylic acid groups (broad SMARTS) is 1. The number of carbonyl (C=O) groups is 4. The number of carboxylic acids is 1. The summed E-state index contributed by atoms with van der Waals surface area (Å²) in [5, 5.41) is 9.38. The van der Waals surface area contributed by atoms with Crippen LogP contribution < -0.4 is 0 Å². The maximum absolute atomic E-state index is 12.1. The number of benzene rings is 2. The average molecular weight is 351 g/mol. The van der Waals surface area contributed by atoms with Crippen molar-refractivity contribution in [1.82, 2.24) is 4.90 Å². The molecule has 132 valence electrons. The molecule has 6 nitrogen and oxygen atoms in total. The van der Waals surface area contributed by atoms with Crippen molar-refractivity contribution >= 4 is 23.6 Å². The fourth-order valence-electron chi connectivity index (χ4n) is 3.07. The van der Waals surface area contributed by atoms with Crippen molar-refractivity contribution in [3.63, 3.8) is 0 Å². The smallest absolute Gasteiger partial charge is 0.336 e. The van der Waals surface area contributed by atoms with Gasteiger partial charge in [-0.3, -0.25) is 19.3 Å². The fourth-order valence-corrected chi connectivity index (χ4v) is 3.07. The van der Waals surface area contributed by atoms with Crippen molar-refractivity contribution in [2.24, 2.45) is 0 Å². The fraction of sp³-hybridized carbons (Fsp3) is 0.200. The molecular formula is C20H17NO5. The Balaban J connectivity index is 1.94. The lowest BCUT2D eigenvalue weighted by Gasteiger charge is -2.08. The number of nitrogens with zero attached hydrogens (tertiary/aromatic N) is 1. The SMILES string of the molecule is CCC(=O)c1ccc(Cc2ccc3c(c2)C(=O)N(C)C3=O)cc1C(=O)O. The summed E-state index contributed by atoms with van der Waals surface area (Å²) in [7, 11) is 1.44. The van der Waals surface area contributed by atoms with Gasteiger partial charge < -0.3 is 5.11 Å². The molecule has 2 aromatic rings. The van der Waals surface area contributed by atoms with Crippen LogP contribution in [0.25, 0.3) is 0 Å². The number of imide groups is 1. The van der Waals surface area contributed by atoms with Crippen LogP contribution >= 0.6 is 0 Å². The highest BCUT2D eigenvalue weighted by atomic mass is 16.4. The standard InChI is InChI=1S/C20H17NO5/c1-3-17(22)13-6-4-12(10-16(13)20(25)26)8-11-5-7-14-15(9-11)19(24)21(2)18(14)23/h4-7,9-10H,3,8H2,1-2H3,(H,25,26). The van der Waals surface area contributed by atoms with E-state index < -0.39 is 5.97 Å². The first-order chi connectivity index (χ1) is 12.3. The molecule has 26 heavy (non-hydrogen) atoms. The summed E-state index contributed by atoms with van der Waals surface area (Å²) in [6.07, 6.45) is 0.618. The zero-order valence-electron chi connectivity index (χ0n) is 14.4. The summed E-state index contributed by atoms with van der Waals surface area (Å²) >= 11 is 0. The third kappa shape index (κ3) is 2.90. The van der Waals surface area contributed by atoms with E-state index in [0.29, 0.717) is 23.1 Å². The molecule has 0 bridgehead atoms. The van der Waals surface area contributed by atoms with Gasteiger partial charge in [0.05, 0.1) is 16.7 Å². The number of fused-ring (bicyclic) bond motifs is 1. The molecule has 0 fully saturated rings. The van der Waals surface area contributed by atoms with E-state index in [0.717, 1.165) is 10.5 Å². The Morgan fingerprint density at radius 1 is 0.923 bits per heavy atom. The van der Waals surface area contributed by atoms with E-state index in [4.69, 9.17) is 0 Å². The van der Waals surface area contributed by atoms with Crippen LogP contribution in [-0.2, 0) is 6.42 Å². The second-order valence-electron chi connectivity index (χ2n) is 6.19. The van der Waals surface area contributed by atoms with Crippen LogP contribution in [0.15, 0.2) is 36.4 Å². The van der Waals surface area contributed by atoms with Crippen molar-refractivity contribution in [3.8, 4) is 0 Å². The normalized spacial score (nSPS) is 13.1. The van der Waals surface area contributed by atoms with Gasteiger partial charge in [-0.25, -0.2) is 4.79 Å². The lowest BCUT2D eigenvalue weighted by atomic mass is 9.95. The lowest BCUT2D eigenvalue weighted by molar-refractivity contribution is 0.0681. The molecule has 0 spiro atoms. The molecule has 0 saturated carbocycles. The van der Waals surface area contributed by atoms with Gasteiger partial charge in [0.15, 0.2) is 5.78 Å². The zero-order valence-corrected chi connectivity index (χ0v) is 14.4. The third-order valence-electron chi connectivity index (χ3n) is 4.50. The summed E-state index contributed by atoms with van der Waals surface area (Å²) in [6.45, 7) is 1.68. The van der Waals surface area contributed by atoms with Gasteiger partial charge in [0, 0.05) is 19.0 Å². The molecule has 0 aromatic heterocycles. The highest BCUT2D eigenvalue weighted by molar-refractivity contribution is 6.21. The zero-order chi connectivity index (χ0) is 19.0. The van der Waals surface area contributed by atoms with Crippen LogP contribution in [0.1, 0.15) is 65.9 Å². The van der Waals surface area contributed by atoms with Gasteiger partial charge in [-0.05, 0) is 35.7 Å². The van der Waals surface area contributed by atoms with Crippen molar-refractivity contribution in [3.05, 3.63) is 69.8 Å². The Morgan fingerprint density at radius 2 is 1.54 bits per heavy atom. The van der Waals surface area contributed by atoms with E-state index in [2.05, 4.69) is 0 Å². The highest BCUT2D eigenvalue weighted by Gasteiger charge is 2.32. The minimum Gasteiger partial charge on any atom is -0.478 e. The molecule has 0 saturated heterocycles. The Kier molecular flexibility index (Phi) is 4.42. The van der Waals surface area contributed by atoms with E-state index >= 15 is 0 Å². The van der Waals surface area contributed by atoms with Gasteiger partial charge in [0.1, 0.15) is 0 Å². The molecule has 6 heteroatoms. The summed E-state index contributed by atoms with van der Waals surface area (Å²) in [5.41, 5.74) is 2.38. The van der Waals surface area contributed by atoms with Crippen molar-refractivity contribution in [2.45, 2.75) is 19.8 Å². The maximum atomic E-state index is 12.1. The Morgan fingerprint density at radius 3 is 2.19 bits per heavy atom. The number of carbonyl (C=O) groups excluding carboxylic acids is 3. The van der Waals surface area contributed by atoms with Gasteiger partial charge in [0.2, 0.25) is 0 Å². The van der Waals surface area contributed by atoms with Crippen molar-refractivity contribution in [2.75, 3.05) is 7.05 Å². The number of amides is 2. The molecule has 0 radical (unpaired) electrons. The number of aromatic carboxylic acids is 1. The first kappa shape index (κ1) is 17.5. The molecule has 1 N–H and O–H groups in total. The first-order valence-electron chi connectivity index (χ1n) is 8.18. The predicted molar refractivity (Wildman–Crippen MR) is 93.7 cm³/mol. The molecule has 1 aliphatic heterocycles. The lowest BCUT2D eigenvalue weighted by Crippen LogP contribution is -2.24. The Labute approximate surface area is 150 Å². The van der Waals surface area contributed by atoms with E-state index in [1.165, 1.54) is 19.2 Å². The largest absolute Gasteiger partial charge is 0.478 e. The Bertz CT molecular complexity index is 961. The molecule has 0 aliphatic carbocycles. The van der Waals surface area contributed by atoms with Gasteiger partial charge in [-0.2, -0.15) is 0 Å². The molecule has 1 heterocycles. The van der Waals surface area contributed by atoms with Gasteiger partial charge in [-0.1, -0.05) is 25.1 Å². The number of Topliss-reactive ketones (excluding diaryl/α,β-unsaturated/α-hetero) is 1. The summed E-state index contributed by atoms with van der Waals surface area (Å²) in [4.78, 5) is 48.5. The van der Waals surface area contributed by atoms with Crippen LogP contribution in [0, 0.1) is 0 Å². The Hall–Kier alpha value is -3.28. The van der Waals surface area contributed by atoms with E-state index in [9.17, 15) is 24.3 Å². The first-order valence-corrected chi connectivity index (χ1v) is 8.18. The number of rotatable bonds is 5. The molecule has 2 aromatic carbocycles. The minimum atomic E-state index is -1.15. The molecule has 0 unspecified atom stereocenters. The second-order valence-corrected chi connectivity index (χ2v) is 6.19.